The summed E-state index contributed by atoms with van der Waals surface area (Å²) in [6, 6.07) is 85.1. The standard InChI is InChI=1S/C59H39N3/c1-4-15-40(16-5-1)42-27-29-43(30-28-42)47-38-54(44-19-8-3-9-20-44)60-55(39-47)45-31-33-48(34-32-45)61-56-25-12-10-23-50(56)52-35-36-53-51-24-11-13-26-57(51)62(59(53)58(52)61)49-22-14-21-46(37-49)41-17-6-2-7-18-41/h1-39H. The zero-order valence-electron chi connectivity index (χ0n) is 33.9. The van der Waals surface area contributed by atoms with Gasteiger partial charge < -0.3 is 9.13 Å². The van der Waals surface area contributed by atoms with Gasteiger partial charge in [0.1, 0.15) is 0 Å². The van der Waals surface area contributed by atoms with Crippen LogP contribution in [0.4, 0.5) is 0 Å². The number of nitrogens with zero attached hydrogens (tertiary/aromatic N) is 3. The van der Waals surface area contributed by atoms with Gasteiger partial charge in [-0.1, -0.05) is 188 Å². The number of pyridine rings is 1. The number of rotatable bonds is 7. The molecular weight excluding hydrogens is 751 g/mol. The van der Waals surface area contributed by atoms with Crippen LogP contribution in [0.5, 0.6) is 0 Å². The number of benzene rings is 9. The first-order valence-electron chi connectivity index (χ1n) is 21.2. The van der Waals surface area contributed by atoms with Crippen molar-refractivity contribution in [1.82, 2.24) is 14.1 Å². The molecule has 3 heterocycles. The van der Waals surface area contributed by atoms with Gasteiger partial charge in [-0.05, 0) is 81.9 Å². The monoisotopic (exact) mass is 789 g/mol. The van der Waals surface area contributed by atoms with E-state index in [4.69, 9.17) is 4.98 Å². The molecule has 290 valence electrons. The zero-order valence-corrected chi connectivity index (χ0v) is 33.9. The van der Waals surface area contributed by atoms with Gasteiger partial charge >= 0.3 is 0 Å². The third-order valence-corrected chi connectivity index (χ3v) is 12.3. The lowest BCUT2D eigenvalue weighted by Crippen LogP contribution is -1.99. The molecule has 0 N–H and O–H groups in total. The van der Waals surface area contributed by atoms with Gasteiger partial charge in [0.15, 0.2) is 0 Å². The smallest absolute Gasteiger partial charge is 0.0788 e. The second-order valence-electron chi connectivity index (χ2n) is 16.0. The normalized spacial score (nSPS) is 11.5. The lowest BCUT2D eigenvalue weighted by atomic mass is 9.97. The molecule has 0 unspecified atom stereocenters. The molecule has 0 saturated heterocycles. The van der Waals surface area contributed by atoms with E-state index in [2.05, 4.69) is 246 Å². The highest BCUT2D eigenvalue weighted by molar-refractivity contribution is 6.23. The van der Waals surface area contributed by atoms with Gasteiger partial charge in [0.25, 0.3) is 0 Å². The predicted molar refractivity (Wildman–Crippen MR) is 260 cm³/mol. The molecule has 0 atom stereocenters. The molecule has 62 heavy (non-hydrogen) atoms. The highest BCUT2D eigenvalue weighted by Crippen LogP contribution is 2.42. The second-order valence-corrected chi connectivity index (χ2v) is 16.0. The van der Waals surface area contributed by atoms with Crippen molar-refractivity contribution < 1.29 is 0 Å². The number of para-hydroxylation sites is 2. The summed E-state index contributed by atoms with van der Waals surface area (Å²) in [5, 5.41) is 4.91. The molecule has 0 amide bonds. The maximum Gasteiger partial charge on any atom is 0.0788 e. The summed E-state index contributed by atoms with van der Waals surface area (Å²) in [7, 11) is 0. The van der Waals surface area contributed by atoms with Gasteiger partial charge in [0.05, 0.1) is 33.5 Å². The summed E-state index contributed by atoms with van der Waals surface area (Å²) in [6.45, 7) is 0. The van der Waals surface area contributed by atoms with Crippen molar-refractivity contribution in [3.05, 3.63) is 237 Å². The van der Waals surface area contributed by atoms with Crippen LogP contribution in [0.25, 0.3) is 111 Å². The summed E-state index contributed by atoms with van der Waals surface area (Å²) in [5.74, 6) is 0. The molecule has 0 fully saturated rings. The SMILES string of the molecule is c1ccc(-c2ccc(-c3cc(-c4ccccc4)nc(-c4ccc(-n5c6ccccc6c6ccc7c8ccccc8n(-c8cccc(-c9ccccc9)c8)c7c65)cc4)c3)cc2)cc1. The van der Waals surface area contributed by atoms with Crippen molar-refractivity contribution in [1.29, 1.82) is 0 Å². The van der Waals surface area contributed by atoms with Gasteiger partial charge in [-0.15, -0.1) is 0 Å². The van der Waals surface area contributed by atoms with Crippen molar-refractivity contribution in [2.75, 3.05) is 0 Å². The fourth-order valence-electron chi connectivity index (χ4n) is 9.36. The Labute approximate surface area is 360 Å². The quantitative estimate of drug-likeness (QED) is 0.158. The van der Waals surface area contributed by atoms with Crippen molar-refractivity contribution in [2.24, 2.45) is 0 Å². The average Bonchev–Trinajstić information content (AvgIpc) is 3.88. The summed E-state index contributed by atoms with van der Waals surface area (Å²) in [6.07, 6.45) is 0. The number of hydrogen-bond acceptors (Lipinski definition) is 1. The lowest BCUT2D eigenvalue weighted by molar-refractivity contribution is 1.15. The van der Waals surface area contributed by atoms with Crippen LogP contribution in [0.1, 0.15) is 0 Å². The Morgan fingerprint density at radius 3 is 1.21 bits per heavy atom. The molecular formula is C59H39N3. The lowest BCUT2D eigenvalue weighted by Gasteiger charge is -2.14. The molecule has 9 aromatic carbocycles. The van der Waals surface area contributed by atoms with Gasteiger partial charge in [-0.3, -0.25) is 0 Å². The Morgan fingerprint density at radius 1 is 0.242 bits per heavy atom. The molecule has 3 heteroatoms. The molecule has 0 spiro atoms. The third-order valence-electron chi connectivity index (χ3n) is 12.3. The minimum atomic E-state index is 0.933. The van der Waals surface area contributed by atoms with E-state index in [1.165, 1.54) is 65.9 Å². The van der Waals surface area contributed by atoms with E-state index in [9.17, 15) is 0 Å². The third kappa shape index (κ3) is 6.02. The van der Waals surface area contributed by atoms with Crippen LogP contribution in [-0.4, -0.2) is 14.1 Å². The van der Waals surface area contributed by atoms with Crippen LogP contribution in [0, 0.1) is 0 Å². The first-order chi connectivity index (χ1) is 30.7. The Morgan fingerprint density at radius 2 is 0.645 bits per heavy atom. The van der Waals surface area contributed by atoms with Crippen LogP contribution in [0.2, 0.25) is 0 Å². The largest absolute Gasteiger partial charge is 0.307 e. The number of fused-ring (bicyclic) bond motifs is 7. The highest BCUT2D eigenvalue weighted by atomic mass is 15.0. The molecule has 0 aliphatic carbocycles. The molecule has 0 saturated carbocycles. The Kier molecular flexibility index (Phi) is 8.50. The first kappa shape index (κ1) is 35.7. The summed E-state index contributed by atoms with van der Waals surface area (Å²) in [5.41, 5.74) is 18.1. The van der Waals surface area contributed by atoms with E-state index in [1.54, 1.807) is 0 Å². The zero-order chi connectivity index (χ0) is 41.0. The molecule has 0 bridgehead atoms. The molecule has 3 aromatic heterocycles. The molecule has 12 aromatic rings. The fourth-order valence-corrected chi connectivity index (χ4v) is 9.36. The van der Waals surface area contributed by atoms with E-state index < -0.39 is 0 Å². The summed E-state index contributed by atoms with van der Waals surface area (Å²) < 4.78 is 4.93. The van der Waals surface area contributed by atoms with Gasteiger partial charge in [-0.25, -0.2) is 4.98 Å². The van der Waals surface area contributed by atoms with Crippen LogP contribution >= 0.6 is 0 Å². The summed E-state index contributed by atoms with van der Waals surface area (Å²) >= 11 is 0. The van der Waals surface area contributed by atoms with Crippen molar-refractivity contribution in [2.45, 2.75) is 0 Å². The van der Waals surface area contributed by atoms with Crippen LogP contribution in [-0.2, 0) is 0 Å². The van der Waals surface area contributed by atoms with Crippen molar-refractivity contribution in [3.8, 4) is 67.3 Å². The van der Waals surface area contributed by atoms with Gasteiger partial charge in [0.2, 0.25) is 0 Å². The van der Waals surface area contributed by atoms with Crippen LogP contribution in [0.3, 0.4) is 0 Å². The molecule has 0 aliphatic rings. The predicted octanol–water partition coefficient (Wildman–Crippen LogP) is 15.6. The second kappa shape index (κ2) is 14.8. The minimum absolute atomic E-state index is 0.933. The number of hydrogen-bond donors (Lipinski definition) is 0. The van der Waals surface area contributed by atoms with Crippen molar-refractivity contribution >= 4 is 43.6 Å². The Hall–Kier alpha value is -8.27. The van der Waals surface area contributed by atoms with E-state index >= 15 is 0 Å². The molecule has 0 radical (unpaired) electrons. The van der Waals surface area contributed by atoms with Gasteiger partial charge in [-0.2, -0.15) is 0 Å². The maximum absolute atomic E-state index is 5.29. The van der Waals surface area contributed by atoms with E-state index in [-0.39, 0.29) is 0 Å². The molecule has 12 rings (SSSR count). The number of aromatic nitrogens is 3. The molecule has 0 aliphatic heterocycles. The molecule has 3 nitrogen and oxygen atoms in total. The first-order valence-corrected chi connectivity index (χ1v) is 21.2. The average molecular weight is 790 g/mol. The van der Waals surface area contributed by atoms with Gasteiger partial charge in [0, 0.05) is 44.0 Å². The van der Waals surface area contributed by atoms with Crippen LogP contribution in [0.15, 0.2) is 237 Å². The van der Waals surface area contributed by atoms with E-state index in [0.717, 1.165) is 45.0 Å². The van der Waals surface area contributed by atoms with Crippen LogP contribution < -0.4 is 0 Å². The Bertz CT molecular complexity index is 3580. The fraction of sp³-hybridized carbons (Fsp3) is 0. The minimum Gasteiger partial charge on any atom is -0.307 e. The van der Waals surface area contributed by atoms with E-state index in [1.807, 2.05) is 0 Å². The maximum atomic E-state index is 5.29. The topological polar surface area (TPSA) is 22.8 Å². The Balaban J connectivity index is 1.03. The van der Waals surface area contributed by atoms with E-state index in [0.29, 0.717) is 0 Å². The summed E-state index contributed by atoms with van der Waals surface area (Å²) in [4.78, 5) is 5.29. The van der Waals surface area contributed by atoms with Crippen molar-refractivity contribution in [3.63, 3.8) is 0 Å². The highest BCUT2D eigenvalue weighted by Gasteiger charge is 2.21.